The van der Waals surface area contributed by atoms with Gasteiger partial charge < -0.3 is 35.2 Å². The van der Waals surface area contributed by atoms with Gasteiger partial charge in [-0.2, -0.15) is 23.4 Å². The summed E-state index contributed by atoms with van der Waals surface area (Å²) in [5, 5.41) is 14.0. The molecular weight excluding hydrogens is 531 g/mol. The van der Waals surface area contributed by atoms with E-state index in [1.165, 1.54) is 0 Å². The molecule has 17 nitrogen and oxygen atoms in total. The van der Waals surface area contributed by atoms with Gasteiger partial charge in [-0.25, -0.2) is 22.9 Å². The van der Waals surface area contributed by atoms with Gasteiger partial charge in [0.2, 0.25) is 0 Å². The lowest BCUT2D eigenvalue weighted by Crippen LogP contribution is -2.47. The van der Waals surface area contributed by atoms with E-state index in [1.807, 2.05) is 0 Å². The molecule has 1 aromatic heterocycles. The maximum atomic E-state index is 13.7. The standard InChI is InChI=1S/C10H17ClFN4O13P3/c1-4(27-31(22,23)29-32(24,25)28-30(19,20)21)6-7(17)10(11,3-12)8(26-6)16-9(18)15-5(13)2-14-16/h2,4,6-8,17H,3H2,1H3,(H,22,23)(H,24,25)(H2,13,15,18)(H2,19,20,21)/t4-,6+,7-,8+,10?/m0/s1. The average Bonchev–Trinajstić information content (AvgIpc) is 2.84. The van der Waals surface area contributed by atoms with Crippen LogP contribution in [-0.2, 0) is 31.6 Å². The molecule has 1 aromatic rings. The second kappa shape index (κ2) is 9.43. The zero-order valence-electron chi connectivity index (χ0n) is 15.6. The fourth-order valence-electron chi connectivity index (χ4n) is 2.62. The van der Waals surface area contributed by atoms with Crippen molar-refractivity contribution in [2.45, 2.75) is 36.3 Å². The van der Waals surface area contributed by atoms with Crippen LogP contribution in [0.1, 0.15) is 13.2 Å². The number of anilines is 1. The van der Waals surface area contributed by atoms with E-state index in [4.69, 9.17) is 31.9 Å². The summed E-state index contributed by atoms with van der Waals surface area (Å²) in [6.07, 6.45) is -6.46. The first-order valence-corrected chi connectivity index (χ1v) is 12.9. The third-order valence-electron chi connectivity index (χ3n) is 3.84. The van der Waals surface area contributed by atoms with E-state index in [1.54, 1.807) is 0 Å². The lowest BCUT2D eigenvalue weighted by atomic mass is 9.98. The first-order valence-electron chi connectivity index (χ1n) is 8.03. The van der Waals surface area contributed by atoms with E-state index in [-0.39, 0.29) is 5.82 Å². The molecule has 1 aliphatic heterocycles. The SMILES string of the molecule is C[C@H](OP(=O)(O)OP(=O)(O)OP(=O)(O)O)[C@H]1O[C@@H](n2ncc(N)nc2=O)C(Cl)(CF)[C@H]1O. The predicted molar refractivity (Wildman–Crippen MR) is 99.6 cm³/mol. The lowest BCUT2D eigenvalue weighted by molar-refractivity contribution is -0.0792. The van der Waals surface area contributed by atoms with E-state index in [2.05, 4.69) is 23.2 Å². The average molecular weight is 549 g/mol. The number of aromatic nitrogens is 3. The van der Waals surface area contributed by atoms with Gasteiger partial charge in [0.1, 0.15) is 29.6 Å². The molecule has 0 aromatic carbocycles. The van der Waals surface area contributed by atoms with Gasteiger partial charge in [-0.05, 0) is 6.92 Å². The smallest absolute Gasteiger partial charge is 0.388 e. The summed E-state index contributed by atoms with van der Waals surface area (Å²) in [5.41, 5.74) is 4.17. The molecule has 2 heterocycles. The number of nitrogens with two attached hydrogens (primary N) is 1. The van der Waals surface area contributed by atoms with Crippen molar-refractivity contribution in [3.63, 3.8) is 0 Å². The Bertz CT molecular complexity index is 1060. The summed E-state index contributed by atoms with van der Waals surface area (Å²) in [6, 6.07) is 0. The lowest BCUT2D eigenvalue weighted by Gasteiger charge is -2.27. The molecule has 0 amide bonds. The molecule has 0 saturated carbocycles. The Morgan fingerprint density at radius 2 is 1.91 bits per heavy atom. The molecule has 0 aliphatic carbocycles. The van der Waals surface area contributed by atoms with Gasteiger partial charge in [0.05, 0.1) is 12.3 Å². The number of nitrogens with zero attached hydrogens (tertiary/aromatic N) is 3. The monoisotopic (exact) mass is 548 g/mol. The van der Waals surface area contributed by atoms with Crippen molar-refractivity contribution in [1.29, 1.82) is 0 Å². The molecule has 0 spiro atoms. The number of alkyl halides is 2. The molecule has 7 N–H and O–H groups in total. The van der Waals surface area contributed by atoms with Crippen molar-refractivity contribution < 1.29 is 60.6 Å². The molecule has 184 valence electrons. The summed E-state index contributed by atoms with van der Waals surface area (Å²) < 4.78 is 65.2. The predicted octanol–water partition coefficient (Wildman–Crippen LogP) is -0.842. The van der Waals surface area contributed by atoms with Crippen molar-refractivity contribution >= 4 is 40.9 Å². The molecule has 32 heavy (non-hydrogen) atoms. The Kier molecular flexibility index (Phi) is 8.07. The van der Waals surface area contributed by atoms with Crippen LogP contribution >= 0.6 is 35.1 Å². The van der Waals surface area contributed by atoms with E-state index in [9.17, 15) is 37.8 Å². The third-order valence-corrected chi connectivity index (χ3v) is 8.28. The zero-order valence-corrected chi connectivity index (χ0v) is 19.1. The van der Waals surface area contributed by atoms with Crippen LogP contribution in [0.5, 0.6) is 0 Å². The number of halogens is 2. The summed E-state index contributed by atoms with van der Waals surface area (Å²) in [5.74, 6) is -0.289. The number of hydrogen-bond acceptors (Lipinski definition) is 12. The van der Waals surface area contributed by atoms with Gasteiger partial charge in [0, 0.05) is 0 Å². The highest BCUT2D eigenvalue weighted by Gasteiger charge is 2.59. The van der Waals surface area contributed by atoms with Gasteiger partial charge in [-0.15, -0.1) is 11.6 Å². The highest BCUT2D eigenvalue weighted by molar-refractivity contribution is 7.66. The fourth-order valence-corrected chi connectivity index (χ4v) is 6.09. The number of nitrogen functional groups attached to an aromatic ring is 1. The molecule has 22 heteroatoms. The Balaban J connectivity index is 2.25. The van der Waals surface area contributed by atoms with Crippen molar-refractivity contribution in [3.8, 4) is 0 Å². The fraction of sp³-hybridized carbons (Fsp3) is 0.700. The number of phosphoric acid groups is 3. The van der Waals surface area contributed by atoms with Gasteiger partial charge in [-0.1, -0.05) is 0 Å². The highest BCUT2D eigenvalue weighted by atomic mass is 35.5. The highest BCUT2D eigenvalue weighted by Crippen LogP contribution is 2.66. The van der Waals surface area contributed by atoms with Crippen molar-refractivity contribution in [2.24, 2.45) is 0 Å². The Hall–Kier alpha value is -0.840. The van der Waals surface area contributed by atoms with Crippen molar-refractivity contribution in [1.82, 2.24) is 14.8 Å². The minimum absolute atomic E-state index is 0.289. The summed E-state index contributed by atoms with van der Waals surface area (Å²) in [6.45, 7) is -0.543. The number of hydrogen-bond donors (Lipinski definition) is 6. The molecule has 2 rings (SSSR count). The maximum absolute atomic E-state index is 13.7. The summed E-state index contributed by atoms with van der Waals surface area (Å²) >= 11 is 6.09. The van der Waals surface area contributed by atoms with Crippen LogP contribution in [-0.4, -0.2) is 69.3 Å². The van der Waals surface area contributed by atoms with Crippen LogP contribution in [0.25, 0.3) is 0 Å². The Morgan fingerprint density at radius 3 is 2.41 bits per heavy atom. The van der Waals surface area contributed by atoms with E-state index < -0.39 is 65.2 Å². The van der Waals surface area contributed by atoms with Crippen molar-refractivity contribution in [2.75, 3.05) is 12.4 Å². The van der Waals surface area contributed by atoms with Crippen LogP contribution in [0, 0.1) is 0 Å². The molecule has 1 aliphatic rings. The van der Waals surface area contributed by atoms with Gasteiger partial charge in [0.25, 0.3) is 0 Å². The third kappa shape index (κ3) is 6.39. The first-order chi connectivity index (χ1) is 14.4. The molecule has 3 unspecified atom stereocenters. The van der Waals surface area contributed by atoms with Crippen molar-refractivity contribution in [3.05, 3.63) is 16.7 Å². The van der Waals surface area contributed by atoms with Crippen LogP contribution in [0.15, 0.2) is 11.0 Å². The second-order valence-corrected chi connectivity index (χ2v) is 11.3. The number of rotatable bonds is 9. The van der Waals surface area contributed by atoms with E-state index in [0.717, 1.165) is 13.1 Å². The quantitative estimate of drug-likeness (QED) is 0.162. The van der Waals surface area contributed by atoms with Crippen LogP contribution in [0.4, 0.5) is 10.2 Å². The van der Waals surface area contributed by atoms with Crippen LogP contribution in [0.2, 0.25) is 0 Å². The van der Waals surface area contributed by atoms with E-state index in [0.29, 0.717) is 4.68 Å². The Labute approximate surface area is 182 Å². The topological polar surface area (TPSA) is 263 Å². The normalized spacial score (nSPS) is 31.1. The second-order valence-electron chi connectivity index (χ2n) is 6.27. The minimum atomic E-state index is -5.81. The molecule has 1 fully saturated rings. The number of phosphoric ester groups is 1. The first kappa shape index (κ1) is 27.4. The summed E-state index contributed by atoms with van der Waals surface area (Å²) in [4.78, 5) is 48.8. The minimum Gasteiger partial charge on any atom is -0.388 e. The molecular formula is C10H17ClFN4O13P3. The van der Waals surface area contributed by atoms with Gasteiger partial charge in [0.15, 0.2) is 6.23 Å². The molecule has 0 bridgehead atoms. The van der Waals surface area contributed by atoms with Crippen LogP contribution in [0.3, 0.4) is 0 Å². The maximum Gasteiger partial charge on any atom is 0.490 e. The van der Waals surface area contributed by atoms with Gasteiger partial charge in [-0.3, -0.25) is 4.52 Å². The number of aliphatic hydroxyl groups excluding tert-OH is 1. The van der Waals surface area contributed by atoms with E-state index >= 15 is 0 Å². The summed E-state index contributed by atoms with van der Waals surface area (Å²) in [7, 11) is -17.0. The van der Waals surface area contributed by atoms with Crippen LogP contribution < -0.4 is 11.4 Å². The zero-order chi connectivity index (χ0) is 24.7. The largest absolute Gasteiger partial charge is 0.490 e. The molecule has 1 saturated heterocycles. The molecule has 0 radical (unpaired) electrons. The Morgan fingerprint density at radius 1 is 1.31 bits per heavy atom. The van der Waals surface area contributed by atoms with Gasteiger partial charge >= 0.3 is 29.2 Å². The number of aliphatic hydroxyl groups is 1. The number of ether oxygens (including phenoxy) is 1. The molecule has 7 atom stereocenters.